The second kappa shape index (κ2) is 7.04. The van der Waals surface area contributed by atoms with Crippen molar-refractivity contribution in [3.05, 3.63) is 36.2 Å². The molecule has 2 aromatic heterocycles. The molecule has 1 aromatic carbocycles. The van der Waals surface area contributed by atoms with Crippen LogP contribution in [0.25, 0.3) is 11.6 Å². The molecule has 3 heterocycles. The zero-order chi connectivity index (χ0) is 17.9. The maximum atomic E-state index is 5.86. The fraction of sp³-hybridized carbons (Fsp3) is 0.353. The third-order valence-electron chi connectivity index (χ3n) is 4.18. The number of hydrogen-bond acceptors (Lipinski definition) is 9. The lowest BCUT2D eigenvalue weighted by Gasteiger charge is -2.18. The molecular formula is C17H19N7O2. The van der Waals surface area contributed by atoms with Gasteiger partial charge in [0.05, 0.1) is 0 Å². The molecule has 4 rings (SSSR count). The average molecular weight is 353 g/mol. The predicted molar refractivity (Wildman–Crippen MR) is 94.6 cm³/mol. The Morgan fingerprint density at radius 1 is 1.04 bits per heavy atom. The van der Waals surface area contributed by atoms with E-state index in [1.165, 1.54) is 0 Å². The Hall–Kier alpha value is -3.07. The Morgan fingerprint density at radius 3 is 2.65 bits per heavy atom. The van der Waals surface area contributed by atoms with Gasteiger partial charge in [-0.05, 0) is 31.4 Å². The minimum absolute atomic E-state index is 0.0908. The van der Waals surface area contributed by atoms with E-state index in [-0.39, 0.29) is 23.7 Å². The molecule has 9 heteroatoms. The zero-order valence-corrected chi connectivity index (χ0v) is 14.4. The molecule has 26 heavy (non-hydrogen) atoms. The van der Waals surface area contributed by atoms with Crippen LogP contribution in [0.2, 0.25) is 0 Å². The van der Waals surface area contributed by atoms with E-state index in [1.54, 1.807) is 0 Å². The highest BCUT2D eigenvalue weighted by Crippen LogP contribution is 2.28. The van der Waals surface area contributed by atoms with Crippen molar-refractivity contribution in [1.82, 2.24) is 25.1 Å². The molecule has 1 aliphatic rings. The van der Waals surface area contributed by atoms with Crippen LogP contribution in [0, 0.1) is 0 Å². The van der Waals surface area contributed by atoms with Crippen LogP contribution in [0.3, 0.4) is 0 Å². The first-order chi connectivity index (χ1) is 12.7. The number of nitrogens with two attached hydrogens (primary N) is 1. The molecule has 0 bridgehead atoms. The number of nitrogens with zero attached hydrogens (tertiary/aromatic N) is 6. The van der Waals surface area contributed by atoms with Crippen LogP contribution in [-0.4, -0.2) is 38.7 Å². The summed E-state index contributed by atoms with van der Waals surface area (Å²) in [4.78, 5) is 19.0. The van der Waals surface area contributed by atoms with Crippen molar-refractivity contribution < 1.29 is 9.26 Å². The minimum Gasteiger partial charge on any atom is -0.368 e. The SMILES string of the molecule is CN(c1ccccc1)c1nc(N)nc(-c2noc(C3CCCCO3)n2)n1. The second-order valence-corrected chi connectivity index (χ2v) is 6.02. The highest BCUT2D eigenvalue weighted by Gasteiger charge is 2.24. The van der Waals surface area contributed by atoms with E-state index in [9.17, 15) is 0 Å². The first-order valence-electron chi connectivity index (χ1n) is 8.46. The molecule has 1 aliphatic heterocycles. The fourth-order valence-electron chi connectivity index (χ4n) is 2.79. The molecule has 0 aliphatic carbocycles. The number of para-hydroxylation sites is 1. The van der Waals surface area contributed by atoms with Gasteiger partial charge in [0, 0.05) is 19.3 Å². The smallest absolute Gasteiger partial charge is 0.256 e. The normalized spacial score (nSPS) is 17.2. The van der Waals surface area contributed by atoms with E-state index >= 15 is 0 Å². The van der Waals surface area contributed by atoms with Crippen LogP contribution in [0.15, 0.2) is 34.9 Å². The molecule has 1 saturated heterocycles. The van der Waals surface area contributed by atoms with E-state index in [0.717, 1.165) is 24.9 Å². The van der Waals surface area contributed by atoms with E-state index < -0.39 is 0 Å². The molecule has 0 amide bonds. The molecule has 0 spiro atoms. The lowest BCUT2D eigenvalue weighted by Crippen LogP contribution is -2.15. The second-order valence-electron chi connectivity index (χ2n) is 6.02. The number of hydrogen-bond donors (Lipinski definition) is 1. The molecule has 0 saturated carbocycles. The van der Waals surface area contributed by atoms with Crippen LogP contribution < -0.4 is 10.6 Å². The van der Waals surface area contributed by atoms with Gasteiger partial charge in [-0.1, -0.05) is 23.4 Å². The number of ether oxygens (including phenoxy) is 1. The van der Waals surface area contributed by atoms with Crippen molar-refractivity contribution in [3.8, 4) is 11.6 Å². The van der Waals surface area contributed by atoms with E-state index in [4.69, 9.17) is 15.0 Å². The summed E-state index contributed by atoms with van der Waals surface area (Å²) < 4.78 is 11.0. The quantitative estimate of drug-likeness (QED) is 0.755. The van der Waals surface area contributed by atoms with Gasteiger partial charge in [0.25, 0.3) is 5.89 Å². The lowest BCUT2D eigenvalue weighted by molar-refractivity contribution is -0.00459. The van der Waals surface area contributed by atoms with Crippen LogP contribution >= 0.6 is 0 Å². The van der Waals surface area contributed by atoms with Crippen molar-refractivity contribution >= 4 is 17.6 Å². The van der Waals surface area contributed by atoms with Crippen molar-refractivity contribution in [2.45, 2.75) is 25.4 Å². The van der Waals surface area contributed by atoms with Gasteiger partial charge in [-0.3, -0.25) is 0 Å². The van der Waals surface area contributed by atoms with Gasteiger partial charge in [-0.25, -0.2) is 0 Å². The van der Waals surface area contributed by atoms with Crippen LogP contribution in [-0.2, 0) is 4.74 Å². The third-order valence-corrected chi connectivity index (χ3v) is 4.18. The summed E-state index contributed by atoms with van der Waals surface area (Å²) in [5.74, 6) is 1.47. The summed E-state index contributed by atoms with van der Waals surface area (Å²) in [6.07, 6.45) is 2.82. The van der Waals surface area contributed by atoms with Gasteiger partial charge in [-0.2, -0.15) is 19.9 Å². The molecule has 0 radical (unpaired) electrons. The summed E-state index contributed by atoms with van der Waals surface area (Å²) in [7, 11) is 1.85. The highest BCUT2D eigenvalue weighted by atomic mass is 16.5. The first kappa shape index (κ1) is 16.4. The number of benzene rings is 1. The largest absolute Gasteiger partial charge is 0.368 e. The summed E-state index contributed by atoms with van der Waals surface area (Å²) >= 11 is 0. The van der Waals surface area contributed by atoms with Crippen molar-refractivity contribution in [1.29, 1.82) is 0 Å². The first-order valence-corrected chi connectivity index (χ1v) is 8.46. The molecule has 2 N–H and O–H groups in total. The minimum atomic E-state index is -0.171. The molecule has 1 fully saturated rings. The van der Waals surface area contributed by atoms with Crippen molar-refractivity contribution in [3.63, 3.8) is 0 Å². The third kappa shape index (κ3) is 3.33. The molecule has 134 valence electrons. The van der Waals surface area contributed by atoms with Gasteiger partial charge < -0.3 is 19.9 Å². The topological polar surface area (TPSA) is 116 Å². The number of nitrogen functional groups attached to an aromatic ring is 1. The van der Waals surface area contributed by atoms with Crippen LogP contribution in [0.5, 0.6) is 0 Å². The fourth-order valence-corrected chi connectivity index (χ4v) is 2.79. The van der Waals surface area contributed by atoms with Crippen molar-refractivity contribution in [2.75, 3.05) is 24.3 Å². The van der Waals surface area contributed by atoms with Gasteiger partial charge in [0.1, 0.15) is 6.10 Å². The van der Waals surface area contributed by atoms with Gasteiger partial charge in [0.2, 0.25) is 23.5 Å². The summed E-state index contributed by atoms with van der Waals surface area (Å²) in [5, 5.41) is 3.98. The molecule has 9 nitrogen and oxygen atoms in total. The van der Waals surface area contributed by atoms with E-state index in [0.29, 0.717) is 18.4 Å². The highest BCUT2D eigenvalue weighted by molar-refractivity contribution is 5.58. The molecule has 3 aromatic rings. The maximum absolute atomic E-state index is 5.86. The molecule has 1 unspecified atom stereocenters. The van der Waals surface area contributed by atoms with Crippen molar-refractivity contribution in [2.24, 2.45) is 0 Å². The standard InChI is InChI=1S/C17H19N7O2/c1-24(11-7-3-2-4-8-11)17-21-13(20-16(18)22-17)14-19-15(26-23-14)12-9-5-6-10-25-12/h2-4,7-8,12H,5-6,9-10H2,1H3,(H2,18,20,21,22). The van der Waals surface area contributed by atoms with Gasteiger partial charge in [-0.15, -0.1) is 0 Å². The Kier molecular flexibility index (Phi) is 4.44. The van der Waals surface area contributed by atoms with Gasteiger partial charge >= 0.3 is 0 Å². The number of aromatic nitrogens is 5. The Labute approximate surface area is 150 Å². The Morgan fingerprint density at radius 2 is 1.88 bits per heavy atom. The Balaban J connectivity index is 1.63. The summed E-state index contributed by atoms with van der Waals surface area (Å²) in [6, 6.07) is 9.72. The maximum Gasteiger partial charge on any atom is 0.256 e. The van der Waals surface area contributed by atoms with Crippen LogP contribution in [0.1, 0.15) is 31.3 Å². The molecule has 1 atom stereocenters. The van der Waals surface area contributed by atoms with Gasteiger partial charge in [0.15, 0.2) is 0 Å². The predicted octanol–water partition coefficient (Wildman–Crippen LogP) is 2.51. The number of anilines is 3. The monoisotopic (exact) mass is 353 g/mol. The lowest BCUT2D eigenvalue weighted by atomic mass is 10.1. The van der Waals surface area contributed by atoms with Crippen LogP contribution in [0.4, 0.5) is 17.6 Å². The van der Waals surface area contributed by atoms with E-state index in [2.05, 4.69) is 25.1 Å². The number of rotatable bonds is 4. The zero-order valence-electron chi connectivity index (χ0n) is 14.4. The summed E-state index contributed by atoms with van der Waals surface area (Å²) in [6.45, 7) is 0.701. The van der Waals surface area contributed by atoms with E-state index in [1.807, 2.05) is 42.3 Å². The average Bonchev–Trinajstić information content (AvgIpc) is 3.19. The summed E-state index contributed by atoms with van der Waals surface area (Å²) in [5.41, 5.74) is 6.79. The molecular weight excluding hydrogens is 334 g/mol. The Bertz CT molecular complexity index is 878.